The van der Waals surface area contributed by atoms with Crippen molar-refractivity contribution in [2.45, 2.75) is 0 Å². The third kappa shape index (κ3) is 3.02. The SMILES string of the molecule is c1ccc(-n2c3ccccc3c3c2ccc2c4cccc5c4n(c23)-c2ccccc2N5c2cccc3c2sc2ccccc23)cc1. The highest BCUT2D eigenvalue weighted by Crippen LogP contribution is 2.53. The molecule has 46 heavy (non-hydrogen) atoms. The normalized spacial score (nSPS) is 12.7. The zero-order valence-electron chi connectivity index (χ0n) is 24.7. The van der Waals surface area contributed by atoms with E-state index in [-0.39, 0.29) is 0 Å². The van der Waals surface area contributed by atoms with E-state index in [9.17, 15) is 0 Å². The number of anilines is 3. The van der Waals surface area contributed by atoms with Gasteiger partial charge in [-0.3, -0.25) is 0 Å². The van der Waals surface area contributed by atoms with Gasteiger partial charge in [-0.1, -0.05) is 97.1 Å². The molecule has 0 bridgehead atoms. The summed E-state index contributed by atoms with van der Waals surface area (Å²) in [6.07, 6.45) is 0. The van der Waals surface area contributed by atoms with Gasteiger partial charge in [0.1, 0.15) is 0 Å². The second-order valence-electron chi connectivity index (χ2n) is 12.1. The molecular weight excluding hydrogens is 579 g/mol. The summed E-state index contributed by atoms with van der Waals surface area (Å²) in [6.45, 7) is 0. The van der Waals surface area contributed by atoms with Gasteiger partial charge in [-0.2, -0.15) is 0 Å². The number of aromatic nitrogens is 2. The van der Waals surface area contributed by atoms with Crippen molar-refractivity contribution in [3.05, 3.63) is 152 Å². The van der Waals surface area contributed by atoms with E-state index in [0.29, 0.717) is 0 Å². The first-order valence-corrected chi connectivity index (χ1v) is 16.5. The highest BCUT2D eigenvalue weighted by molar-refractivity contribution is 7.26. The zero-order chi connectivity index (χ0) is 29.9. The molecule has 4 heteroatoms. The van der Waals surface area contributed by atoms with Crippen molar-refractivity contribution in [2.75, 3.05) is 4.90 Å². The third-order valence-corrected chi connectivity index (χ3v) is 11.0. The van der Waals surface area contributed by atoms with Gasteiger partial charge in [0.05, 0.1) is 49.5 Å². The average molecular weight is 604 g/mol. The molecule has 0 fully saturated rings. The lowest BCUT2D eigenvalue weighted by atomic mass is 10.1. The number of para-hydroxylation sites is 5. The van der Waals surface area contributed by atoms with Crippen LogP contribution in [-0.2, 0) is 0 Å². The van der Waals surface area contributed by atoms with Crippen LogP contribution in [0.15, 0.2) is 152 Å². The molecule has 0 atom stereocenters. The second-order valence-corrected chi connectivity index (χ2v) is 13.2. The Kier molecular flexibility index (Phi) is 4.72. The Labute approximate surface area is 268 Å². The van der Waals surface area contributed by atoms with Gasteiger partial charge in [-0.05, 0) is 54.6 Å². The minimum absolute atomic E-state index is 1.17. The van der Waals surface area contributed by atoms with Crippen molar-refractivity contribution >= 4 is 92.2 Å². The van der Waals surface area contributed by atoms with E-state index in [1.165, 1.54) is 92.2 Å². The van der Waals surface area contributed by atoms with Crippen LogP contribution in [0.25, 0.3) is 75.2 Å². The summed E-state index contributed by atoms with van der Waals surface area (Å²) in [7, 11) is 0. The number of thiophene rings is 1. The fourth-order valence-electron chi connectivity index (χ4n) is 8.00. The second kappa shape index (κ2) is 8.87. The number of benzene rings is 7. The standard InChI is InChI=1S/C42H25N3S/c1-2-12-26(13-3-1)43-32-18-6-4-15-31(32)39-35(43)25-24-29-28-16-10-21-36-40(28)45(41(29)39)34-20-8-7-19-33(34)44(36)37-22-11-17-30-27-14-5-9-23-38(27)46-42(30)37/h1-25H. The van der Waals surface area contributed by atoms with Crippen molar-refractivity contribution in [2.24, 2.45) is 0 Å². The molecule has 0 unspecified atom stereocenters. The average Bonchev–Trinajstić information content (AvgIpc) is 3.78. The Bertz CT molecular complexity index is 2870. The number of hydrogen-bond acceptors (Lipinski definition) is 2. The number of rotatable bonds is 2. The Balaban J connectivity index is 1.31. The fourth-order valence-corrected chi connectivity index (χ4v) is 9.21. The van der Waals surface area contributed by atoms with Crippen LogP contribution in [0.1, 0.15) is 0 Å². The van der Waals surface area contributed by atoms with Gasteiger partial charge in [-0.25, -0.2) is 0 Å². The molecule has 10 aromatic rings. The summed E-state index contributed by atoms with van der Waals surface area (Å²) < 4.78 is 7.59. The van der Waals surface area contributed by atoms with E-state index in [0.717, 1.165) is 0 Å². The maximum Gasteiger partial charge on any atom is 0.0783 e. The van der Waals surface area contributed by atoms with Crippen LogP contribution in [-0.4, -0.2) is 9.13 Å². The van der Waals surface area contributed by atoms with E-state index in [4.69, 9.17) is 0 Å². The molecule has 214 valence electrons. The number of hydrogen-bond donors (Lipinski definition) is 0. The van der Waals surface area contributed by atoms with Crippen molar-refractivity contribution in [1.82, 2.24) is 9.13 Å². The van der Waals surface area contributed by atoms with E-state index in [1.807, 2.05) is 11.3 Å². The largest absolute Gasteiger partial charge is 0.309 e. The summed E-state index contributed by atoms with van der Waals surface area (Å²) in [4.78, 5) is 2.50. The van der Waals surface area contributed by atoms with Gasteiger partial charge in [0.2, 0.25) is 0 Å². The van der Waals surface area contributed by atoms with Gasteiger partial charge < -0.3 is 14.0 Å². The predicted octanol–water partition coefficient (Wildman–Crippen LogP) is 12.0. The van der Waals surface area contributed by atoms with Gasteiger partial charge in [0.25, 0.3) is 0 Å². The summed E-state index contributed by atoms with van der Waals surface area (Å²) in [5.74, 6) is 0. The highest BCUT2D eigenvalue weighted by Gasteiger charge is 2.31. The van der Waals surface area contributed by atoms with Crippen LogP contribution in [0.5, 0.6) is 0 Å². The topological polar surface area (TPSA) is 13.1 Å². The molecule has 0 radical (unpaired) electrons. The predicted molar refractivity (Wildman–Crippen MR) is 196 cm³/mol. The van der Waals surface area contributed by atoms with Crippen LogP contribution < -0.4 is 4.90 Å². The fraction of sp³-hybridized carbons (Fsp3) is 0. The quantitative estimate of drug-likeness (QED) is 0.192. The molecule has 0 spiro atoms. The first-order valence-electron chi connectivity index (χ1n) is 15.7. The zero-order valence-corrected chi connectivity index (χ0v) is 25.5. The lowest BCUT2D eigenvalue weighted by Gasteiger charge is -2.33. The monoisotopic (exact) mass is 603 g/mol. The Morgan fingerprint density at radius 3 is 1.91 bits per heavy atom. The molecule has 11 rings (SSSR count). The molecule has 3 aromatic heterocycles. The summed E-state index contributed by atoms with van der Waals surface area (Å²) >= 11 is 1.89. The van der Waals surface area contributed by atoms with Crippen LogP contribution in [0.2, 0.25) is 0 Å². The number of fused-ring (bicyclic) bond motifs is 12. The van der Waals surface area contributed by atoms with Crippen molar-refractivity contribution < 1.29 is 0 Å². The van der Waals surface area contributed by atoms with E-state index >= 15 is 0 Å². The maximum atomic E-state index is 2.54. The van der Waals surface area contributed by atoms with Crippen LogP contribution in [0.3, 0.4) is 0 Å². The molecule has 0 aliphatic carbocycles. The minimum Gasteiger partial charge on any atom is -0.309 e. The van der Waals surface area contributed by atoms with E-state index in [1.54, 1.807) is 0 Å². The molecular formula is C42H25N3S. The molecule has 4 heterocycles. The molecule has 0 amide bonds. The van der Waals surface area contributed by atoms with Gasteiger partial charge in [0, 0.05) is 42.7 Å². The first kappa shape index (κ1) is 24.5. The first-order chi connectivity index (χ1) is 22.9. The van der Waals surface area contributed by atoms with Gasteiger partial charge in [0.15, 0.2) is 0 Å². The summed E-state index contributed by atoms with van der Waals surface area (Å²) in [6, 6.07) is 55.5. The molecule has 3 nitrogen and oxygen atoms in total. The Morgan fingerprint density at radius 2 is 1.02 bits per heavy atom. The molecule has 1 aliphatic rings. The molecule has 0 N–H and O–H groups in total. The van der Waals surface area contributed by atoms with E-state index in [2.05, 4.69) is 166 Å². The maximum absolute atomic E-state index is 2.54. The Morgan fingerprint density at radius 1 is 0.370 bits per heavy atom. The van der Waals surface area contributed by atoms with E-state index < -0.39 is 0 Å². The van der Waals surface area contributed by atoms with Crippen LogP contribution in [0.4, 0.5) is 17.1 Å². The van der Waals surface area contributed by atoms with Crippen molar-refractivity contribution in [3.63, 3.8) is 0 Å². The summed E-state index contributed by atoms with van der Waals surface area (Å²) in [5.41, 5.74) is 10.9. The molecule has 7 aromatic carbocycles. The van der Waals surface area contributed by atoms with Crippen molar-refractivity contribution in [3.8, 4) is 11.4 Å². The van der Waals surface area contributed by atoms with Crippen LogP contribution in [0, 0.1) is 0 Å². The molecule has 0 saturated heterocycles. The highest BCUT2D eigenvalue weighted by atomic mass is 32.1. The summed E-state index contributed by atoms with van der Waals surface area (Å²) in [5, 5.41) is 7.73. The molecule has 1 aliphatic heterocycles. The smallest absolute Gasteiger partial charge is 0.0783 e. The van der Waals surface area contributed by atoms with Gasteiger partial charge >= 0.3 is 0 Å². The lowest BCUT2D eigenvalue weighted by Crippen LogP contribution is -2.18. The molecule has 0 saturated carbocycles. The minimum atomic E-state index is 1.17. The van der Waals surface area contributed by atoms with Gasteiger partial charge in [-0.15, -0.1) is 11.3 Å². The Hall–Kier alpha value is -5.84. The lowest BCUT2D eigenvalue weighted by molar-refractivity contribution is 1.12. The number of nitrogens with zero attached hydrogens (tertiary/aromatic N) is 3. The van der Waals surface area contributed by atoms with Crippen LogP contribution >= 0.6 is 11.3 Å². The van der Waals surface area contributed by atoms with Crippen molar-refractivity contribution in [1.29, 1.82) is 0 Å². The third-order valence-electron chi connectivity index (χ3n) is 9.81.